The highest BCUT2D eigenvalue weighted by molar-refractivity contribution is 5.98. The highest BCUT2D eigenvalue weighted by Crippen LogP contribution is 2.20. The molecular formula is C30H26O4. The Kier molecular flexibility index (Phi) is 8.27. The number of ether oxygens (including phenoxy) is 2. The van der Waals surface area contributed by atoms with Crippen molar-refractivity contribution < 1.29 is 19.1 Å². The molecule has 0 radical (unpaired) electrons. The third-order valence-corrected chi connectivity index (χ3v) is 5.10. The Morgan fingerprint density at radius 2 is 0.971 bits per heavy atom. The first-order valence-corrected chi connectivity index (χ1v) is 11.1. The van der Waals surface area contributed by atoms with E-state index in [0.29, 0.717) is 11.1 Å². The van der Waals surface area contributed by atoms with E-state index in [9.17, 15) is 9.59 Å². The minimum atomic E-state index is -0.522. The average Bonchev–Trinajstić information content (AvgIpc) is 2.83. The fourth-order valence-electron chi connectivity index (χ4n) is 3.26. The summed E-state index contributed by atoms with van der Waals surface area (Å²) in [6, 6.07) is 18.5. The molecule has 0 aliphatic carbocycles. The van der Waals surface area contributed by atoms with Gasteiger partial charge in [0.15, 0.2) is 0 Å². The number of aryl methyl sites for hydroxylation is 2. The molecule has 3 rings (SSSR count). The summed E-state index contributed by atoms with van der Waals surface area (Å²) in [6.07, 6.45) is 0. The van der Waals surface area contributed by atoms with Gasteiger partial charge >= 0.3 is 11.9 Å². The molecule has 4 nitrogen and oxygen atoms in total. The number of carbonyl (C=O) groups excluding carboxylic acids is 2. The van der Waals surface area contributed by atoms with Gasteiger partial charge < -0.3 is 9.47 Å². The van der Waals surface area contributed by atoms with E-state index in [-0.39, 0.29) is 24.3 Å². The summed E-state index contributed by atoms with van der Waals surface area (Å²) >= 11 is 0. The highest BCUT2D eigenvalue weighted by atomic mass is 16.5. The van der Waals surface area contributed by atoms with Crippen molar-refractivity contribution in [2.45, 2.75) is 27.7 Å². The van der Waals surface area contributed by atoms with Gasteiger partial charge in [-0.05, 0) is 63.1 Å². The number of rotatable bonds is 4. The fraction of sp³-hybridized carbons (Fsp3) is 0.200. The van der Waals surface area contributed by atoms with E-state index in [1.165, 1.54) is 0 Å². The maximum atomic E-state index is 12.8. The zero-order valence-corrected chi connectivity index (χ0v) is 19.8. The van der Waals surface area contributed by atoms with Crippen molar-refractivity contribution in [1.82, 2.24) is 0 Å². The Hall–Kier alpha value is -4.28. The number of benzene rings is 3. The summed E-state index contributed by atoms with van der Waals surface area (Å²) in [5.74, 6) is 11.3. The van der Waals surface area contributed by atoms with E-state index in [4.69, 9.17) is 9.47 Å². The van der Waals surface area contributed by atoms with Crippen LogP contribution in [-0.2, 0) is 9.47 Å². The molecule has 0 aromatic heterocycles. The van der Waals surface area contributed by atoms with Gasteiger partial charge in [0.1, 0.15) is 0 Å². The molecule has 0 aliphatic heterocycles. The Labute approximate surface area is 200 Å². The Morgan fingerprint density at radius 1 is 0.618 bits per heavy atom. The average molecular weight is 451 g/mol. The van der Waals surface area contributed by atoms with Crippen LogP contribution in [0.25, 0.3) is 0 Å². The van der Waals surface area contributed by atoms with Crippen molar-refractivity contribution in [3.05, 3.63) is 105 Å². The molecule has 0 bridgehead atoms. The molecule has 0 saturated carbocycles. The first-order chi connectivity index (χ1) is 16.4. The summed E-state index contributed by atoms with van der Waals surface area (Å²) < 4.78 is 10.5. The summed E-state index contributed by atoms with van der Waals surface area (Å²) in [6.45, 7) is 7.83. The van der Waals surface area contributed by atoms with E-state index in [0.717, 1.165) is 22.3 Å². The lowest BCUT2D eigenvalue weighted by molar-refractivity contribution is 0.0511. The van der Waals surface area contributed by atoms with E-state index < -0.39 is 11.9 Å². The number of hydrogen-bond acceptors (Lipinski definition) is 4. The Balaban J connectivity index is 2.21. The second kappa shape index (κ2) is 11.5. The molecule has 4 heteroatoms. The Bertz CT molecular complexity index is 1240. The molecule has 0 aliphatic rings. The quantitative estimate of drug-likeness (QED) is 0.391. The molecule has 0 heterocycles. The van der Waals surface area contributed by atoms with Gasteiger partial charge in [0.2, 0.25) is 0 Å². The fourth-order valence-corrected chi connectivity index (χ4v) is 3.26. The largest absolute Gasteiger partial charge is 0.462 e. The van der Waals surface area contributed by atoms with E-state index in [1.54, 1.807) is 26.0 Å². The minimum Gasteiger partial charge on any atom is -0.462 e. The van der Waals surface area contributed by atoms with Crippen LogP contribution >= 0.6 is 0 Å². The molecule has 0 unspecified atom stereocenters. The van der Waals surface area contributed by atoms with Crippen molar-refractivity contribution in [3.63, 3.8) is 0 Å². The molecule has 34 heavy (non-hydrogen) atoms. The predicted octanol–water partition coefficient (Wildman–Crippen LogP) is 5.46. The second-order valence-corrected chi connectivity index (χ2v) is 7.51. The molecule has 0 spiro atoms. The number of hydrogen-bond donors (Lipinski definition) is 0. The van der Waals surface area contributed by atoms with Gasteiger partial charge in [0, 0.05) is 22.3 Å². The van der Waals surface area contributed by atoms with Crippen molar-refractivity contribution in [2.24, 2.45) is 0 Å². The SMILES string of the molecule is CCOC(=O)c1cc(C#Cc2ccccc2C)c(C(=O)OCC)cc1C#Cc1ccccc1C. The summed E-state index contributed by atoms with van der Waals surface area (Å²) in [5.41, 5.74) is 4.96. The van der Waals surface area contributed by atoms with Crippen molar-refractivity contribution in [2.75, 3.05) is 13.2 Å². The zero-order valence-electron chi connectivity index (χ0n) is 19.8. The molecule has 3 aromatic carbocycles. The van der Waals surface area contributed by atoms with Crippen LogP contribution in [0.1, 0.15) is 67.9 Å². The van der Waals surface area contributed by atoms with E-state index >= 15 is 0 Å². The molecule has 0 saturated heterocycles. The van der Waals surface area contributed by atoms with Crippen molar-refractivity contribution >= 4 is 11.9 Å². The topological polar surface area (TPSA) is 52.6 Å². The monoisotopic (exact) mass is 450 g/mol. The molecule has 0 fully saturated rings. The lowest BCUT2D eigenvalue weighted by Crippen LogP contribution is -2.12. The third kappa shape index (κ3) is 5.94. The molecular weight excluding hydrogens is 424 g/mol. The lowest BCUT2D eigenvalue weighted by atomic mass is 9.97. The van der Waals surface area contributed by atoms with Crippen LogP contribution in [0.3, 0.4) is 0 Å². The molecule has 170 valence electrons. The first-order valence-electron chi connectivity index (χ1n) is 11.1. The zero-order chi connectivity index (χ0) is 24.5. The first kappa shape index (κ1) is 24.4. The van der Waals surface area contributed by atoms with Crippen LogP contribution in [0.15, 0.2) is 60.7 Å². The van der Waals surface area contributed by atoms with Crippen LogP contribution in [-0.4, -0.2) is 25.2 Å². The predicted molar refractivity (Wildman–Crippen MR) is 133 cm³/mol. The van der Waals surface area contributed by atoms with Crippen LogP contribution in [0.4, 0.5) is 0 Å². The van der Waals surface area contributed by atoms with Crippen LogP contribution in [0.2, 0.25) is 0 Å². The maximum Gasteiger partial charge on any atom is 0.339 e. The van der Waals surface area contributed by atoms with Gasteiger partial charge in [0.25, 0.3) is 0 Å². The van der Waals surface area contributed by atoms with E-state index in [2.05, 4.69) is 23.7 Å². The van der Waals surface area contributed by atoms with Crippen molar-refractivity contribution in [1.29, 1.82) is 0 Å². The number of carbonyl (C=O) groups is 2. The van der Waals surface area contributed by atoms with Gasteiger partial charge in [-0.15, -0.1) is 0 Å². The molecule has 0 amide bonds. The van der Waals surface area contributed by atoms with Crippen LogP contribution in [0, 0.1) is 37.5 Å². The normalized spacial score (nSPS) is 9.76. The maximum absolute atomic E-state index is 12.8. The third-order valence-electron chi connectivity index (χ3n) is 5.10. The van der Waals surface area contributed by atoms with Crippen molar-refractivity contribution in [3.8, 4) is 23.7 Å². The summed E-state index contributed by atoms with van der Waals surface area (Å²) in [5, 5.41) is 0. The molecule has 0 N–H and O–H groups in total. The van der Waals surface area contributed by atoms with Crippen LogP contribution in [0.5, 0.6) is 0 Å². The van der Waals surface area contributed by atoms with Gasteiger partial charge in [-0.25, -0.2) is 9.59 Å². The second-order valence-electron chi connectivity index (χ2n) is 7.51. The Morgan fingerprint density at radius 3 is 1.32 bits per heavy atom. The van der Waals surface area contributed by atoms with Crippen LogP contribution < -0.4 is 0 Å². The lowest BCUT2D eigenvalue weighted by Gasteiger charge is -2.10. The minimum absolute atomic E-state index is 0.216. The van der Waals surface area contributed by atoms with E-state index in [1.807, 2.05) is 62.4 Å². The van der Waals surface area contributed by atoms with Gasteiger partial charge in [-0.2, -0.15) is 0 Å². The molecule has 3 aromatic rings. The summed E-state index contributed by atoms with van der Waals surface area (Å²) in [4.78, 5) is 25.6. The smallest absolute Gasteiger partial charge is 0.339 e. The van der Waals surface area contributed by atoms with Gasteiger partial charge in [0.05, 0.1) is 24.3 Å². The van der Waals surface area contributed by atoms with Gasteiger partial charge in [-0.1, -0.05) is 60.1 Å². The standard InChI is InChI=1S/C30H26O4/c1-5-33-29(31)27-19-26(18-16-24-14-10-8-12-22(24)4)28(30(32)34-6-2)20-25(27)17-15-23-13-9-7-11-21(23)3/h7-14,19-20H,5-6H2,1-4H3. The highest BCUT2D eigenvalue weighted by Gasteiger charge is 2.20. The summed E-state index contributed by atoms with van der Waals surface area (Å²) in [7, 11) is 0. The van der Waals surface area contributed by atoms with Gasteiger partial charge in [-0.3, -0.25) is 0 Å². The molecule has 0 atom stereocenters. The number of esters is 2.